The molecule has 2 aromatic carbocycles. The highest BCUT2D eigenvalue weighted by atomic mass is 14.1. The van der Waals surface area contributed by atoms with Crippen molar-refractivity contribution >= 4 is 0 Å². The molecule has 0 aliphatic heterocycles. The molecule has 0 saturated carbocycles. The summed E-state index contributed by atoms with van der Waals surface area (Å²) in [6.07, 6.45) is 0.981. The summed E-state index contributed by atoms with van der Waals surface area (Å²) >= 11 is 0. The molecule has 0 heterocycles. The van der Waals surface area contributed by atoms with Crippen molar-refractivity contribution in [1.29, 1.82) is 0 Å². The second-order valence-electron chi connectivity index (χ2n) is 3.93. The van der Waals surface area contributed by atoms with E-state index in [1.165, 1.54) is 22.3 Å². The van der Waals surface area contributed by atoms with Crippen LogP contribution in [0, 0.1) is 19.9 Å². The summed E-state index contributed by atoms with van der Waals surface area (Å²) in [5.74, 6) is 0. The van der Waals surface area contributed by atoms with Gasteiger partial charge in [0.15, 0.2) is 0 Å². The second kappa shape index (κ2) is 4.31. The van der Waals surface area contributed by atoms with Crippen molar-refractivity contribution in [3.05, 3.63) is 70.8 Å². The Kier molecular flexibility index (Phi) is 2.86. The van der Waals surface area contributed by atoms with Gasteiger partial charge in [0, 0.05) is 0 Å². The van der Waals surface area contributed by atoms with E-state index in [9.17, 15) is 0 Å². The highest BCUT2D eigenvalue weighted by Crippen LogP contribution is 2.16. The van der Waals surface area contributed by atoms with Crippen molar-refractivity contribution in [3.8, 4) is 0 Å². The van der Waals surface area contributed by atoms with Gasteiger partial charge >= 0.3 is 0 Å². The summed E-state index contributed by atoms with van der Waals surface area (Å²) in [6, 6.07) is 18.0. The molecule has 0 saturated heterocycles. The van der Waals surface area contributed by atoms with E-state index in [-0.39, 0.29) is 0 Å². The number of aryl methyl sites for hydroxylation is 1. The van der Waals surface area contributed by atoms with Gasteiger partial charge in [0.1, 0.15) is 0 Å². The van der Waals surface area contributed by atoms with Gasteiger partial charge in [-0.15, -0.1) is 0 Å². The number of rotatable bonds is 2. The Bertz CT molecular complexity index is 441. The van der Waals surface area contributed by atoms with Crippen molar-refractivity contribution in [3.63, 3.8) is 0 Å². The van der Waals surface area contributed by atoms with E-state index in [0.717, 1.165) is 6.42 Å². The fraction of sp³-hybridized carbons (Fsp3) is 0.200. The molecule has 0 aromatic heterocycles. The maximum atomic E-state index is 3.33. The normalized spacial score (nSPS) is 10.3. The Balaban J connectivity index is 2.29. The quantitative estimate of drug-likeness (QED) is 0.685. The van der Waals surface area contributed by atoms with Crippen LogP contribution in [0.3, 0.4) is 0 Å². The summed E-state index contributed by atoms with van der Waals surface area (Å²) in [5, 5.41) is 0. The van der Waals surface area contributed by atoms with E-state index >= 15 is 0 Å². The smallest absolute Gasteiger partial charge is 0.00169 e. The predicted octanol–water partition coefficient (Wildman–Crippen LogP) is 3.69. The van der Waals surface area contributed by atoms with Gasteiger partial charge in [0.2, 0.25) is 0 Å². The van der Waals surface area contributed by atoms with Gasteiger partial charge in [0.05, 0.1) is 0 Å². The van der Waals surface area contributed by atoms with Crippen LogP contribution >= 0.6 is 0 Å². The van der Waals surface area contributed by atoms with Gasteiger partial charge in [-0.2, -0.15) is 0 Å². The lowest BCUT2D eigenvalue weighted by Crippen LogP contribution is -1.93. The van der Waals surface area contributed by atoms with Crippen LogP contribution in [-0.2, 0) is 6.42 Å². The Morgan fingerprint density at radius 1 is 1.00 bits per heavy atom. The predicted molar refractivity (Wildman–Crippen MR) is 64.0 cm³/mol. The lowest BCUT2D eigenvalue weighted by molar-refractivity contribution is 1.13. The second-order valence-corrected chi connectivity index (χ2v) is 3.93. The van der Waals surface area contributed by atoms with E-state index in [0.29, 0.717) is 0 Å². The van der Waals surface area contributed by atoms with Crippen LogP contribution < -0.4 is 0 Å². The van der Waals surface area contributed by atoms with Gasteiger partial charge in [-0.25, -0.2) is 0 Å². The van der Waals surface area contributed by atoms with Gasteiger partial charge in [0.25, 0.3) is 0 Å². The van der Waals surface area contributed by atoms with Crippen LogP contribution in [0.2, 0.25) is 0 Å². The third kappa shape index (κ3) is 2.27. The molecule has 0 unspecified atom stereocenters. The lowest BCUT2D eigenvalue weighted by atomic mass is 9.97. The summed E-state index contributed by atoms with van der Waals surface area (Å²) in [5.41, 5.74) is 5.37. The summed E-state index contributed by atoms with van der Waals surface area (Å²) in [4.78, 5) is 0. The highest BCUT2D eigenvalue weighted by molar-refractivity contribution is 5.35. The molecule has 2 rings (SSSR count). The minimum absolute atomic E-state index is 0.981. The van der Waals surface area contributed by atoms with Crippen molar-refractivity contribution in [2.24, 2.45) is 0 Å². The summed E-state index contributed by atoms with van der Waals surface area (Å²) in [6.45, 7) is 4.32. The van der Waals surface area contributed by atoms with Crippen LogP contribution in [0.25, 0.3) is 0 Å². The fourth-order valence-corrected chi connectivity index (χ4v) is 1.72. The van der Waals surface area contributed by atoms with E-state index < -0.39 is 0 Å². The molecule has 0 aliphatic rings. The van der Waals surface area contributed by atoms with E-state index in [4.69, 9.17) is 0 Å². The van der Waals surface area contributed by atoms with Crippen LogP contribution in [0.4, 0.5) is 0 Å². The number of hydrogen-bond acceptors (Lipinski definition) is 0. The van der Waals surface area contributed by atoms with Gasteiger partial charge in [-0.3, -0.25) is 0 Å². The minimum atomic E-state index is 0.981. The Morgan fingerprint density at radius 2 is 1.73 bits per heavy atom. The third-order valence-electron chi connectivity index (χ3n) is 2.86. The molecule has 1 radical (unpaired) electrons. The van der Waals surface area contributed by atoms with Crippen LogP contribution in [-0.4, -0.2) is 0 Å². The topological polar surface area (TPSA) is 0 Å². The lowest BCUT2D eigenvalue weighted by Gasteiger charge is -2.07. The van der Waals surface area contributed by atoms with Gasteiger partial charge < -0.3 is 0 Å². The van der Waals surface area contributed by atoms with Crippen LogP contribution in [0.1, 0.15) is 22.3 Å². The van der Waals surface area contributed by atoms with Gasteiger partial charge in [-0.05, 0) is 48.6 Å². The zero-order valence-corrected chi connectivity index (χ0v) is 9.25. The van der Waals surface area contributed by atoms with E-state index in [1.807, 2.05) is 6.07 Å². The van der Waals surface area contributed by atoms with Gasteiger partial charge in [-0.1, -0.05) is 42.5 Å². The average Bonchev–Trinajstić information content (AvgIpc) is 2.26. The standard InChI is InChI=1S/C15H15/c1-12-7-6-10-15(13(12)2)11-14-8-4-3-5-9-14/h3-9H,11H2,1-2H3. The van der Waals surface area contributed by atoms with E-state index in [1.54, 1.807) is 0 Å². The molecular weight excluding hydrogens is 180 g/mol. The van der Waals surface area contributed by atoms with Crippen molar-refractivity contribution in [2.45, 2.75) is 20.3 Å². The molecule has 0 amide bonds. The maximum absolute atomic E-state index is 3.33. The third-order valence-corrected chi connectivity index (χ3v) is 2.86. The zero-order chi connectivity index (χ0) is 10.7. The van der Waals surface area contributed by atoms with Crippen LogP contribution in [0.5, 0.6) is 0 Å². The molecule has 0 N–H and O–H groups in total. The first-order chi connectivity index (χ1) is 7.27. The Hall–Kier alpha value is -1.56. The molecule has 0 bridgehead atoms. The minimum Gasteiger partial charge on any atom is -0.0622 e. The first kappa shape index (κ1) is 9.97. The zero-order valence-electron chi connectivity index (χ0n) is 9.25. The Morgan fingerprint density at radius 3 is 2.47 bits per heavy atom. The number of hydrogen-bond donors (Lipinski definition) is 0. The molecule has 0 spiro atoms. The molecule has 0 atom stereocenters. The molecule has 0 fully saturated rings. The largest absolute Gasteiger partial charge is 0.0622 e. The van der Waals surface area contributed by atoms with E-state index in [2.05, 4.69) is 56.3 Å². The molecule has 0 heteroatoms. The summed E-state index contributed by atoms with van der Waals surface area (Å²) < 4.78 is 0. The molecular formula is C15H15. The van der Waals surface area contributed by atoms with Crippen LogP contribution in [0.15, 0.2) is 42.5 Å². The monoisotopic (exact) mass is 195 g/mol. The average molecular weight is 195 g/mol. The highest BCUT2D eigenvalue weighted by Gasteiger charge is 2.01. The molecule has 0 aliphatic carbocycles. The maximum Gasteiger partial charge on any atom is -0.00169 e. The Labute approximate surface area is 91.6 Å². The molecule has 15 heavy (non-hydrogen) atoms. The SMILES string of the molecule is Cc1cc[c]c(Cc2ccccc2)c1C. The summed E-state index contributed by atoms with van der Waals surface area (Å²) in [7, 11) is 0. The molecule has 75 valence electrons. The fourth-order valence-electron chi connectivity index (χ4n) is 1.72. The van der Waals surface area contributed by atoms with Crippen molar-refractivity contribution in [2.75, 3.05) is 0 Å². The first-order valence-corrected chi connectivity index (χ1v) is 5.28. The van der Waals surface area contributed by atoms with Crippen molar-refractivity contribution in [1.82, 2.24) is 0 Å². The number of benzene rings is 2. The molecule has 0 nitrogen and oxygen atoms in total. The molecule has 2 aromatic rings. The van der Waals surface area contributed by atoms with Crippen molar-refractivity contribution < 1.29 is 0 Å². The first-order valence-electron chi connectivity index (χ1n) is 5.28.